The van der Waals surface area contributed by atoms with E-state index in [0.717, 1.165) is 11.1 Å². The van der Waals surface area contributed by atoms with E-state index in [0.29, 0.717) is 22.6 Å². The van der Waals surface area contributed by atoms with E-state index in [2.05, 4.69) is 0 Å². The highest BCUT2D eigenvalue weighted by molar-refractivity contribution is 5.89. The summed E-state index contributed by atoms with van der Waals surface area (Å²) in [6, 6.07) is 31.7. The van der Waals surface area contributed by atoms with Gasteiger partial charge in [-0.25, -0.2) is 19.4 Å². The van der Waals surface area contributed by atoms with Crippen molar-refractivity contribution in [3.05, 3.63) is 131 Å². The van der Waals surface area contributed by atoms with Crippen molar-refractivity contribution >= 4 is 11.9 Å². The Bertz CT molecular complexity index is 1200. The molecule has 0 amide bonds. The molecule has 0 fully saturated rings. The molecule has 176 valence electrons. The Morgan fingerprint density at radius 3 is 1.26 bits per heavy atom. The van der Waals surface area contributed by atoms with Gasteiger partial charge in [0.2, 0.25) is 0 Å². The molecule has 6 heteroatoms. The highest BCUT2D eigenvalue weighted by Gasteiger charge is 2.31. The molecule has 0 unspecified atom stereocenters. The first-order chi connectivity index (χ1) is 17.0. The van der Waals surface area contributed by atoms with E-state index < -0.39 is 17.4 Å². The number of hydrogen-bond donors (Lipinski definition) is 0. The van der Waals surface area contributed by atoms with E-state index in [-0.39, 0.29) is 0 Å². The summed E-state index contributed by atoms with van der Waals surface area (Å²) in [4.78, 5) is 45.9. The Hall–Kier alpha value is -4.58. The van der Waals surface area contributed by atoms with Gasteiger partial charge in [0.15, 0.2) is 11.5 Å². The van der Waals surface area contributed by atoms with Gasteiger partial charge in [0.25, 0.3) is 0 Å². The lowest BCUT2D eigenvalue weighted by atomic mass is 9.77. The fourth-order valence-corrected chi connectivity index (χ4v) is 3.67. The summed E-state index contributed by atoms with van der Waals surface area (Å²) >= 11 is 0. The van der Waals surface area contributed by atoms with Crippen LogP contribution in [-0.2, 0) is 15.2 Å². The second-order valence-electron chi connectivity index (χ2n) is 8.26. The molecule has 6 nitrogen and oxygen atoms in total. The maximum atomic E-state index is 12.4. The molecule has 0 radical (unpaired) electrons. The van der Waals surface area contributed by atoms with Gasteiger partial charge in [0, 0.05) is 16.5 Å². The normalized spacial score (nSPS) is 10.8. The highest BCUT2D eigenvalue weighted by atomic mass is 17.2. The maximum Gasteiger partial charge on any atom is 0.386 e. The number of carbonyl (C=O) groups is 2. The summed E-state index contributed by atoms with van der Waals surface area (Å²) in [5, 5.41) is 0. The standard InChI is InChI=1S/C29H24O6/c1-29(2,23-17-9-11-19-25(23)32-34-27(30)21-13-5-3-6-14-21)24-18-10-12-20-26(24)33-35-28(31)22-15-7-4-8-16-22/h3-20H,1-2H3. The van der Waals surface area contributed by atoms with E-state index in [4.69, 9.17) is 19.6 Å². The fraction of sp³-hybridized carbons (Fsp3) is 0.103. The average Bonchev–Trinajstić information content (AvgIpc) is 2.91. The largest absolute Gasteiger partial charge is 0.386 e. The molecular formula is C29H24O6. The molecule has 0 atom stereocenters. The molecule has 0 heterocycles. The number of benzene rings is 4. The quantitative estimate of drug-likeness (QED) is 0.223. The zero-order valence-corrected chi connectivity index (χ0v) is 19.3. The molecular weight excluding hydrogens is 444 g/mol. The first-order valence-corrected chi connectivity index (χ1v) is 11.0. The van der Waals surface area contributed by atoms with Crippen molar-refractivity contribution in [2.75, 3.05) is 0 Å². The lowest BCUT2D eigenvalue weighted by Crippen LogP contribution is -2.22. The SMILES string of the molecule is CC(C)(c1ccccc1OOC(=O)c1ccccc1)c1ccccc1OOC(=O)c1ccccc1. The van der Waals surface area contributed by atoms with Gasteiger partial charge in [-0.1, -0.05) is 86.6 Å². The molecule has 4 aromatic carbocycles. The lowest BCUT2D eigenvalue weighted by molar-refractivity contribution is -0.151. The molecule has 4 aromatic rings. The van der Waals surface area contributed by atoms with Gasteiger partial charge in [-0.2, -0.15) is 0 Å². The summed E-state index contributed by atoms with van der Waals surface area (Å²) in [5.41, 5.74) is 1.56. The predicted molar refractivity (Wildman–Crippen MR) is 130 cm³/mol. The van der Waals surface area contributed by atoms with E-state index in [1.807, 2.05) is 50.2 Å². The van der Waals surface area contributed by atoms with Crippen molar-refractivity contribution in [1.29, 1.82) is 0 Å². The van der Waals surface area contributed by atoms with Crippen LogP contribution in [0.3, 0.4) is 0 Å². The van der Waals surface area contributed by atoms with Crippen LogP contribution >= 0.6 is 0 Å². The van der Waals surface area contributed by atoms with Crippen molar-refractivity contribution < 1.29 is 29.1 Å². The second-order valence-corrected chi connectivity index (χ2v) is 8.26. The van der Waals surface area contributed by atoms with E-state index in [9.17, 15) is 9.59 Å². The average molecular weight is 469 g/mol. The van der Waals surface area contributed by atoms with Crippen molar-refractivity contribution in [1.82, 2.24) is 0 Å². The molecule has 0 aliphatic rings. The van der Waals surface area contributed by atoms with Crippen molar-refractivity contribution in [2.24, 2.45) is 0 Å². The smallest absolute Gasteiger partial charge is 0.286 e. The molecule has 0 aliphatic heterocycles. The van der Waals surface area contributed by atoms with Crippen LogP contribution in [0.1, 0.15) is 45.7 Å². The van der Waals surface area contributed by atoms with Gasteiger partial charge in [-0.3, -0.25) is 9.78 Å². The third kappa shape index (κ3) is 5.50. The third-order valence-electron chi connectivity index (χ3n) is 5.55. The Labute approximate surface area is 203 Å². The fourth-order valence-electron chi connectivity index (χ4n) is 3.67. The van der Waals surface area contributed by atoms with Crippen LogP contribution in [0.25, 0.3) is 0 Å². The van der Waals surface area contributed by atoms with Gasteiger partial charge in [0.05, 0.1) is 11.1 Å². The Morgan fingerprint density at radius 2 is 0.857 bits per heavy atom. The minimum atomic E-state index is -0.675. The lowest BCUT2D eigenvalue weighted by Gasteiger charge is -2.28. The van der Waals surface area contributed by atoms with Crippen LogP contribution in [-0.4, -0.2) is 11.9 Å². The van der Waals surface area contributed by atoms with Gasteiger partial charge >= 0.3 is 11.9 Å². The number of carbonyl (C=O) groups excluding carboxylic acids is 2. The van der Waals surface area contributed by atoms with Gasteiger partial charge < -0.3 is 0 Å². The number of rotatable bonds is 8. The van der Waals surface area contributed by atoms with Crippen LogP contribution in [0.2, 0.25) is 0 Å². The van der Waals surface area contributed by atoms with Gasteiger partial charge in [0.1, 0.15) is 0 Å². The highest BCUT2D eigenvalue weighted by Crippen LogP contribution is 2.41. The van der Waals surface area contributed by atoms with Crippen molar-refractivity contribution in [3.63, 3.8) is 0 Å². The Morgan fingerprint density at radius 1 is 0.514 bits per heavy atom. The van der Waals surface area contributed by atoms with Gasteiger partial charge in [-0.15, -0.1) is 0 Å². The van der Waals surface area contributed by atoms with Crippen LogP contribution in [0, 0.1) is 0 Å². The molecule has 0 spiro atoms. The summed E-state index contributed by atoms with van der Waals surface area (Å²) in [5.74, 6) is -0.458. The van der Waals surface area contributed by atoms with Gasteiger partial charge in [-0.05, 0) is 36.4 Å². The van der Waals surface area contributed by atoms with Crippen LogP contribution in [0.15, 0.2) is 109 Å². The van der Waals surface area contributed by atoms with Crippen molar-refractivity contribution in [2.45, 2.75) is 19.3 Å². The molecule has 35 heavy (non-hydrogen) atoms. The summed E-state index contributed by atoms with van der Waals surface area (Å²) in [6.07, 6.45) is 0. The minimum Gasteiger partial charge on any atom is -0.286 e. The topological polar surface area (TPSA) is 71.1 Å². The second kappa shape index (κ2) is 10.6. The predicted octanol–water partition coefficient (Wildman–Crippen LogP) is 6.31. The molecule has 0 saturated carbocycles. The molecule has 0 N–H and O–H groups in total. The maximum absolute atomic E-state index is 12.4. The molecule has 0 saturated heterocycles. The number of para-hydroxylation sites is 2. The first kappa shape index (κ1) is 23.6. The molecule has 0 aromatic heterocycles. The van der Waals surface area contributed by atoms with E-state index >= 15 is 0 Å². The van der Waals surface area contributed by atoms with Crippen LogP contribution < -0.4 is 9.78 Å². The molecule has 0 aliphatic carbocycles. The summed E-state index contributed by atoms with van der Waals surface area (Å²) < 4.78 is 0. The summed E-state index contributed by atoms with van der Waals surface area (Å²) in [6.45, 7) is 3.94. The zero-order chi connectivity index (χ0) is 24.7. The van der Waals surface area contributed by atoms with E-state index in [1.54, 1.807) is 72.8 Å². The third-order valence-corrected chi connectivity index (χ3v) is 5.55. The molecule has 0 bridgehead atoms. The number of hydrogen-bond acceptors (Lipinski definition) is 6. The zero-order valence-electron chi connectivity index (χ0n) is 19.3. The summed E-state index contributed by atoms with van der Waals surface area (Å²) in [7, 11) is 0. The van der Waals surface area contributed by atoms with E-state index in [1.165, 1.54) is 0 Å². The first-order valence-electron chi connectivity index (χ1n) is 11.0. The molecule has 4 rings (SSSR count). The van der Waals surface area contributed by atoms with Crippen LogP contribution in [0.4, 0.5) is 0 Å². The Kier molecular flexibility index (Phi) is 7.12. The monoisotopic (exact) mass is 468 g/mol. The van der Waals surface area contributed by atoms with Crippen molar-refractivity contribution in [3.8, 4) is 11.5 Å². The Balaban J connectivity index is 1.55. The minimum absolute atomic E-state index is 0.373. The van der Waals surface area contributed by atoms with Crippen LogP contribution in [0.5, 0.6) is 11.5 Å².